The number of ether oxygens (including phenoxy) is 2. The SMILES string of the molecule is CCc1cn(Cc2cc([N+](=O)[O-])cc3c2OCOC3)cn1. The van der Waals surface area contributed by atoms with Crippen LogP contribution < -0.4 is 4.74 Å². The Hall–Kier alpha value is -2.41. The molecule has 0 atom stereocenters. The molecule has 0 aliphatic carbocycles. The van der Waals surface area contributed by atoms with Crippen molar-refractivity contribution in [1.29, 1.82) is 0 Å². The van der Waals surface area contributed by atoms with Gasteiger partial charge in [-0.25, -0.2) is 4.98 Å². The van der Waals surface area contributed by atoms with Crippen molar-refractivity contribution < 1.29 is 14.4 Å². The third kappa shape index (κ3) is 2.73. The molecule has 21 heavy (non-hydrogen) atoms. The van der Waals surface area contributed by atoms with E-state index in [0.717, 1.165) is 17.7 Å². The number of fused-ring (bicyclic) bond motifs is 1. The summed E-state index contributed by atoms with van der Waals surface area (Å²) in [6.45, 7) is 3.01. The molecule has 0 spiro atoms. The van der Waals surface area contributed by atoms with Gasteiger partial charge in [0.25, 0.3) is 5.69 Å². The van der Waals surface area contributed by atoms with Crippen LogP contribution in [0.2, 0.25) is 0 Å². The van der Waals surface area contributed by atoms with E-state index in [9.17, 15) is 10.1 Å². The van der Waals surface area contributed by atoms with Crippen molar-refractivity contribution in [2.45, 2.75) is 26.5 Å². The van der Waals surface area contributed by atoms with Crippen LogP contribution in [0.5, 0.6) is 5.75 Å². The minimum atomic E-state index is -0.399. The minimum Gasteiger partial charge on any atom is -0.467 e. The number of aromatic nitrogens is 2. The number of nitro groups is 1. The van der Waals surface area contributed by atoms with Gasteiger partial charge in [0.05, 0.1) is 30.1 Å². The highest BCUT2D eigenvalue weighted by Crippen LogP contribution is 2.33. The maximum absolute atomic E-state index is 11.0. The second-order valence-electron chi connectivity index (χ2n) is 4.85. The molecule has 1 aliphatic rings. The maximum Gasteiger partial charge on any atom is 0.270 e. The van der Waals surface area contributed by atoms with Gasteiger partial charge in [-0.1, -0.05) is 6.92 Å². The summed E-state index contributed by atoms with van der Waals surface area (Å²) in [5, 5.41) is 11.0. The van der Waals surface area contributed by atoms with Crippen molar-refractivity contribution in [3.05, 3.63) is 51.6 Å². The molecule has 7 heteroatoms. The van der Waals surface area contributed by atoms with Gasteiger partial charge in [-0.05, 0) is 6.42 Å². The molecule has 0 saturated heterocycles. The highest BCUT2D eigenvalue weighted by atomic mass is 16.7. The fourth-order valence-corrected chi connectivity index (χ4v) is 2.38. The number of hydrogen-bond donors (Lipinski definition) is 0. The van der Waals surface area contributed by atoms with Crippen LogP contribution in [-0.4, -0.2) is 21.3 Å². The van der Waals surface area contributed by atoms with Crippen molar-refractivity contribution in [3.8, 4) is 5.75 Å². The van der Waals surface area contributed by atoms with E-state index in [-0.39, 0.29) is 12.5 Å². The molecule has 0 radical (unpaired) electrons. The summed E-state index contributed by atoms with van der Waals surface area (Å²) in [5.74, 6) is 0.679. The molecule has 110 valence electrons. The number of hydrogen-bond acceptors (Lipinski definition) is 5. The largest absolute Gasteiger partial charge is 0.467 e. The molecule has 7 nitrogen and oxygen atoms in total. The quantitative estimate of drug-likeness (QED) is 0.637. The molecule has 1 aromatic heterocycles. The van der Waals surface area contributed by atoms with Crippen molar-refractivity contribution >= 4 is 5.69 Å². The Balaban J connectivity index is 1.99. The van der Waals surface area contributed by atoms with E-state index in [1.165, 1.54) is 6.07 Å². The Morgan fingerprint density at radius 1 is 1.48 bits per heavy atom. The number of benzene rings is 1. The van der Waals surface area contributed by atoms with Crippen molar-refractivity contribution in [2.75, 3.05) is 6.79 Å². The van der Waals surface area contributed by atoms with Crippen LogP contribution in [0.4, 0.5) is 5.69 Å². The van der Waals surface area contributed by atoms with Gasteiger partial charge in [-0.3, -0.25) is 10.1 Å². The minimum absolute atomic E-state index is 0.0497. The fourth-order valence-electron chi connectivity index (χ4n) is 2.38. The van der Waals surface area contributed by atoms with E-state index < -0.39 is 4.92 Å². The van der Waals surface area contributed by atoms with Crippen LogP contribution in [0, 0.1) is 10.1 Å². The van der Waals surface area contributed by atoms with E-state index in [4.69, 9.17) is 9.47 Å². The average Bonchev–Trinajstić information content (AvgIpc) is 2.94. The molecule has 0 unspecified atom stereocenters. The first kappa shape index (κ1) is 13.6. The first-order valence-corrected chi connectivity index (χ1v) is 6.68. The lowest BCUT2D eigenvalue weighted by atomic mass is 10.1. The van der Waals surface area contributed by atoms with Gasteiger partial charge in [-0.2, -0.15) is 0 Å². The molecular formula is C14H15N3O4. The Bertz CT molecular complexity index is 681. The van der Waals surface area contributed by atoms with Crippen molar-refractivity contribution in [2.24, 2.45) is 0 Å². The molecule has 1 aliphatic heterocycles. The third-order valence-corrected chi connectivity index (χ3v) is 3.38. The Kier molecular flexibility index (Phi) is 3.57. The topological polar surface area (TPSA) is 79.4 Å². The normalized spacial score (nSPS) is 13.6. The first-order valence-electron chi connectivity index (χ1n) is 6.68. The lowest BCUT2D eigenvalue weighted by Gasteiger charge is -2.20. The summed E-state index contributed by atoms with van der Waals surface area (Å²) in [5.41, 5.74) is 2.51. The highest BCUT2D eigenvalue weighted by Gasteiger charge is 2.21. The van der Waals surface area contributed by atoms with E-state index >= 15 is 0 Å². The number of rotatable bonds is 4. The van der Waals surface area contributed by atoms with Crippen LogP contribution in [-0.2, 0) is 24.3 Å². The van der Waals surface area contributed by atoms with Gasteiger partial charge in [0.1, 0.15) is 5.75 Å². The first-order chi connectivity index (χ1) is 10.2. The zero-order chi connectivity index (χ0) is 14.8. The van der Waals surface area contributed by atoms with Crippen LogP contribution in [0.3, 0.4) is 0 Å². The molecule has 2 heterocycles. The fraction of sp³-hybridized carbons (Fsp3) is 0.357. The summed E-state index contributed by atoms with van der Waals surface area (Å²) in [4.78, 5) is 14.9. The number of non-ortho nitro benzene ring substituents is 1. The third-order valence-electron chi connectivity index (χ3n) is 3.38. The van der Waals surface area contributed by atoms with Gasteiger partial charge in [-0.15, -0.1) is 0 Å². The van der Waals surface area contributed by atoms with Gasteiger partial charge >= 0.3 is 0 Å². The van der Waals surface area contributed by atoms with Crippen molar-refractivity contribution in [1.82, 2.24) is 9.55 Å². The second kappa shape index (κ2) is 5.53. The summed E-state index contributed by atoms with van der Waals surface area (Å²) in [7, 11) is 0. The van der Waals surface area contributed by atoms with E-state index in [0.29, 0.717) is 24.5 Å². The van der Waals surface area contributed by atoms with E-state index in [1.807, 2.05) is 17.7 Å². The molecule has 0 saturated carbocycles. The molecule has 2 aromatic rings. The smallest absolute Gasteiger partial charge is 0.270 e. The zero-order valence-corrected chi connectivity index (χ0v) is 11.6. The second-order valence-corrected chi connectivity index (χ2v) is 4.85. The summed E-state index contributed by atoms with van der Waals surface area (Å²) >= 11 is 0. The monoisotopic (exact) mass is 289 g/mol. The zero-order valence-electron chi connectivity index (χ0n) is 11.6. The van der Waals surface area contributed by atoms with Crippen LogP contribution in [0.25, 0.3) is 0 Å². The van der Waals surface area contributed by atoms with E-state index in [1.54, 1.807) is 12.4 Å². The van der Waals surface area contributed by atoms with Crippen LogP contribution in [0.1, 0.15) is 23.7 Å². The lowest BCUT2D eigenvalue weighted by molar-refractivity contribution is -0.385. The van der Waals surface area contributed by atoms with Gasteiger partial charge < -0.3 is 14.0 Å². The van der Waals surface area contributed by atoms with Gasteiger partial charge in [0, 0.05) is 29.5 Å². The van der Waals surface area contributed by atoms with Crippen LogP contribution >= 0.6 is 0 Å². The highest BCUT2D eigenvalue weighted by molar-refractivity contribution is 5.50. The number of imidazole rings is 1. The molecular weight excluding hydrogens is 274 g/mol. The predicted molar refractivity (Wildman–Crippen MR) is 74.1 cm³/mol. The summed E-state index contributed by atoms with van der Waals surface area (Å²) in [6.07, 6.45) is 4.51. The molecule has 1 aromatic carbocycles. The molecule has 0 amide bonds. The number of nitro benzene ring substituents is 1. The number of aryl methyl sites for hydroxylation is 1. The molecule has 3 rings (SSSR count). The predicted octanol–water partition coefficient (Wildman–Crippen LogP) is 2.27. The van der Waals surface area contributed by atoms with E-state index in [2.05, 4.69) is 4.98 Å². The Morgan fingerprint density at radius 3 is 3.05 bits per heavy atom. The lowest BCUT2D eigenvalue weighted by Crippen LogP contribution is -2.14. The molecule has 0 bridgehead atoms. The Labute approximate surface area is 121 Å². The Morgan fingerprint density at radius 2 is 2.33 bits per heavy atom. The summed E-state index contributed by atoms with van der Waals surface area (Å²) < 4.78 is 12.6. The summed E-state index contributed by atoms with van der Waals surface area (Å²) in [6, 6.07) is 3.05. The van der Waals surface area contributed by atoms with Gasteiger partial charge in [0.2, 0.25) is 0 Å². The number of nitrogens with zero attached hydrogens (tertiary/aromatic N) is 3. The molecule has 0 N–H and O–H groups in total. The average molecular weight is 289 g/mol. The van der Waals surface area contributed by atoms with Gasteiger partial charge in [0.15, 0.2) is 6.79 Å². The standard InChI is InChI=1S/C14H15N3O4/c1-2-12-6-16(8-15-12)5-10-3-13(17(18)19)4-11-7-20-9-21-14(10)11/h3-4,6,8H,2,5,7,9H2,1H3. The molecule has 0 fully saturated rings. The van der Waals surface area contributed by atoms with Crippen molar-refractivity contribution in [3.63, 3.8) is 0 Å². The maximum atomic E-state index is 11.0. The van der Waals surface area contributed by atoms with Crippen LogP contribution in [0.15, 0.2) is 24.7 Å².